The van der Waals surface area contributed by atoms with E-state index in [1.54, 1.807) is 42.5 Å². The van der Waals surface area contributed by atoms with Crippen molar-refractivity contribution in [3.05, 3.63) is 81.7 Å². The molecule has 1 N–H and O–H groups in total. The molecule has 3 aromatic rings. The van der Waals surface area contributed by atoms with Crippen LogP contribution in [0.1, 0.15) is 12.5 Å². The van der Waals surface area contributed by atoms with Gasteiger partial charge in [0.05, 0.1) is 21.7 Å². The van der Waals surface area contributed by atoms with Crippen LogP contribution in [0.15, 0.2) is 76.1 Å². The number of benzene rings is 3. The zero-order valence-electron chi connectivity index (χ0n) is 16.9. The summed E-state index contributed by atoms with van der Waals surface area (Å²) in [5.74, 6) is 1.56. The number of carbonyl (C=O) groups excluding carboxylic acids is 1. The fourth-order valence-electron chi connectivity index (χ4n) is 3.07. The number of phenols is 1. The van der Waals surface area contributed by atoms with E-state index in [0.29, 0.717) is 43.1 Å². The minimum Gasteiger partial charge on any atom is -0.503 e. The van der Waals surface area contributed by atoms with Crippen LogP contribution >= 0.6 is 39.9 Å². The largest absolute Gasteiger partial charge is 0.503 e. The summed E-state index contributed by atoms with van der Waals surface area (Å²) in [6.45, 7) is 2.25. The van der Waals surface area contributed by atoms with Gasteiger partial charge in [-0.2, -0.15) is 0 Å². The third-order valence-electron chi connectivity index (χ3n) is 4.52. The second kappa shape index (κ2) is 9.77. The highest BCUT2D eigenvalue weighted by Crippen LogP contribution is 2.40. The number of ether oxygens (including phenoxy) is 2. The smallest absolute Gasteiger partial charge is 0.270 e. The summed E-state index contributed by atoms with van der Waals surface area (Å²) in [5.41, 5.74) is 1.38. The molecule has 0 unspecified atom stereocenters. The standard InChI is InChI=1S/C24H18BrNO4S2/c1-2-29-20-13-15(12-19(25)22(20)27)14-21-23(28)26(24(31)32-21)16-8-10-18(11-9-16)30-17-6-4-3-5-7-17/h3-14,27H,2H2,1H3/b21-14-. The maximum Gasteiger partial charge on any atom is 0.270 e. The maximum absolute atomic E-state index is 13.1. The topological polar surface area (TPSA) is 59.0 Å². The zero-order chi connectivity index (χ0) is 22.7. The number of anilines is 1. The first kappa shape index (κ1) is 22.4. The molecule has 0 aromatic heterocycles. The van der Waals surface area contributed by atoms with Crippen LogP contribution in [0.2, 0.25) is 0 Å². The number of nitrogens with zero attached hydrogens (tertiary/aromatic N) is 1. The number of thioether (sulfide) groups is 1. The van der Waals surface area contributed by atoms with Gasteiger partial charge in [-0.1, -0.05) is 42.2 Å². The highest BCUT2D eigenvalue weighted by Gasteiger charge is 2.33. The van der Waals surface area contributed by atoms with Crippen molar-refractivity contribution in [2.24, 2.45) is 0 Å². The van der Waals surface area contributed by atoms with E-state index in [1.807, 2.05) is 37.3 Å². The first-order valence-corrected chi connectivity index (χ1v) is 11.7. The van der Waals surface area contributed by atoms with E-state index in [9.17, 15) is 9.90 Å². The van der Waals surface area contributed by atoms with Gasteiger partial charge in [-0.15, -0.1) is 0 Å². The van der Waals surface area contributed by atoms with Crippen LogP contribution in [0.3, 0.4) is 0 Å². The van der Waals surface area contributed by atoms with Crippen LogP contribution in [0, 0.1) is 0 Å². The molecule has 0 aliphatic carbocycles. The Labute approximate surface area is 203 Å². The van der Waals surface area contributed by atoms with Crippen LogP contribution in [0.25, 0.3) is 6.08 Å². The fourth-order valence-corrected chi connectivity index (χ4v) is 4.83. The van der Waals surface area contributed by atoms with E-state index in [2.05, 4.69) is 15.9 Å². The quantitative estimate of drug-likeness (QED) is 0.282. The van der Waals surface area contributed by atoms with Gasteiger partial charge in [-0.25, -0.2) is 0 Å². The molecular weight excluding hydrogens is 510 g/mol. The van der Waals surface area contributed by atoms with E-state index in [4.69, 9.17) is 21.7 Å². The van der Waals surface area contributed by atoms with Crippen molar-refractivity contribution in [2.75, 3.05) is 11.5 Å². The average molecular weight is 528 g/mol. The number of para-hydroxylation sites is 1. The molecular formula is C24H18BrNO4S2. The van der Waals surface area contributed by atoms with Gasteiger partial charge in [0.2, 0.25) is 0 Å². The third kappa shape index (κ3) is 4.82. The van der Waals surface area contributed by atoms with Gasteiger partial charge in [0.15, 0.2) is 15.8 Å². The van der Waals surface area contributed by atoms with Gasteiger partial charge in [-0.3, -0.25) is 9.69 Å². The minimum atomic E-state index is -0.209. The number of hydrogen-bond acceptors (Lipinski definition) is 6. The van der Waals surface area contributed by atoms with Crippen LogP contribution in [0.4, 0.5) is 5.69 Å². The first-order chi connectivity index (χ1) is 15.5. The molecule has 0 spiro atoms. The van der Waals surface area contributed by atoms with Crippen LogP contribution < -0.4 is 14.4 Å². The first-order valence-electron chi connectivity index (χ1n) is 9.72. The molecule has 1 amide bonds. The van der Waals surface area contributed by atoms with E-state index in [-0.39, 0.29) is 11.7 Å². The van der Waals surface area contributed by atoms with Gasteiger partial charge in [-0.05, 0) is 83.0 Å². The van der Waals surface area contributed by atoms with Crippen molar-refractivity contribution < 1.29 is 19.4 Å². The number of hydrogen-bond donors (Lipinski definition) is 1. The lowest BCUT2D eigenvalue weighted by Crippen LogP contribution is -2.27. The molecule has 1 fully saturated rings. The lowest BCUT2D eigenvalue weighted by atomic mass is 10.2. The Bertz CT molecular complexity index is 1200. The lowest BCUT2D eigenvalue weighted by molar-refractivity contribution is -0.113. The van der Waals surface area contributed by atoms with E-state index in [0.717, 1.165) is 5.75 Å². The van der Waals surface area contributed by atoms with E-state index < -0.39 is 0 Å². The fraction of sp³-hybridized carbons (Fsp3) is 0.0833. The summed E-state index contributed by atoms with van der Waals surface area (Å²) in [5, 5.41) is 10.1. The molecule has 162 valence electrons. The molecule has 1 aliphatic rings. The molecule has 32 heavy (non-hydrogen) atoms. The van der Waals surface area contributed by atoms with E-state index >= 15 is 0 Å². The van der Waals surface area contributed by atoms with Crippen molar-refractivity contribution in [1.29, 1.82) is 0 Å². The second-order valence-corrected chi connectivity index (χ2v) is 9.24. The average Bonchev–Trinajstić information content (AvgIpc) is 3.06. The van der Waals surface area contributed by atoms with Crippen molar-refractivity contribution >= 4 is 61.9 Å². The van der Waals surface area contributed by atoms with E-state index in [1.165, 1.54) is 16.7 Å². The molecule has 5 nitrogen and oxygen atoms in total. The van der Waals surface area contributed by atoms with Gasteiger partial charge in [0.25, 0.3) is 5.91 Å². The molecule has 0 atom stereocenters. The van der Waals surface area contributed by atoms with Crippen LogP contribution in [0.5, 0.6) is 23.0 Å². The number of amides is 1. The molecule has 3 aromatic carbocycles. The number of rotatable bonds is 6. The van der Waals surface area contributed by atoms with Gasteiger partial charge in [0.1, 0.15) is 11.5 Å². The highest BCUT2D eigenvalue weighted by molar-refractivity contribution is 9.10. The predicted octanol–water partition coefficient (Wildman–Crippen LogP) is 6.75. The molecule has 4 rings (SSSR count). The lowest BCUT2D eigenvalue weighted by Gasteiger charge is -2.15. The predicted molar refractivity (Wildman–Crippen MR) is 136 cm³/mol. The third-order valence-corrected chi connectivity index (χ3v) is 6.42. The number of phenolic OH excluding ortho intramolecular Hbond substituents is 1. The molecule has 0 bridgehead atoms. The number of thiocarbonyl (C=S) groups is 1. The second-order valence-electron chi connectivity index (χ2n) is 6.71. The van der Waals surface area contributed by atoms with Crippen molar-refractivity contribution in [2.45, 2.75) is 6.92 Å². The Morgan fingerprint density at radius 3 is 2.47 bits per heavy atom. The molecule has 1 saturated heterocycles. The van der Waals surface area contributed by atoms with Crippen LogP contribution in [-0.4, -0.2) is 21.9 Å². The summed E-state index contributed by atoms with van der Waals surface area (Å²) in [6, 6.07) is 20.1. The minimum absolute atomic E-state index is 0.0226. The maximum atomic E-state index is 13.1. The molecule has 0 saturated carbocycles. The zero-order valence-corrected chi connectivity index (χ0v) is 20.2. The Balaban J connectivity index is 1.55. The number of halogens is 1. The molecule has 1 aliphatic heterocycles. The van der Waals surface area contributed by atoms with Crippen LogP contribution in [-0.2, 0) is 4.79 Å². The molecule has 8 heteroatoms. The highest BCUT2D eigenvalue weighted by atomic mass is 79.9. The Hall–Kier alpha value is -2.81. The van der Waals surface area contributed by atoms with Gasteiger partial charge in [0, 0.05) is 0 Å². The monoisotopic (exact) mass is 527 g/mol. The van der Waals surface area contributed by atoms with Crippen molar-refractivity contribution in [3.63, 3.8) is 0 Å². The summed E-state index contributed by atoms with van der Waals surface area (Å²) in [7, 11) is 0. The SMILES string of the molecule is CCOc1cc(/C=C2\SC(=S)N(c3ccc(Oc4ccccc4)cc3)C2=O)cc(Br)c1O. The van der Waals surface area contributed by atoms with Crippen molar-refractivity contribution in [3.8, 4) is 23.0 Å². The number of carbonyl (C=O) groups is 1. The van der Waals surface area contributed by atoms with Gasteiger partial charge < -0.3 is 14.6 Å². The Morgan fingerprint density at radius 2 is 1.78 bits per heavy atom. The molecule has 1 heterocycles. The Kier molecular flexibility index (Phi) is 6.83. The normalized spacial score (nSPS) is 14.8. The van der Waals surface area contributed by atoms with Crippen molar-refractivity contribution in [1.82, 2.24) is 0 Å². The summed E-state index contributed by atoms with van der Waals surface area (Å²) < 4.78 is 12.2. The number of aromatic hydroxyl groups is 1. The molecule has 0 radical (unpaired) electrons. The van der Waals surface area contributed by atoms with Gasteiger partial charge >= 0.3 is 0 Å². The summed E-state index contributed by atoms with van der Waals surface area (Å²) in [6.07, 6.45) is 1.74. The summed E-state index contributed by atoms with van der Waals surface area (Å²) in [4.78, 5) is 15.1. The Morgan fingerprint density at radius 1 is 1.09 bits per heavy atom. The summed E-state index contributed by atoms with van der Waals surface area (Å²) >= 11 is 10.0.